The van der Waals surface area contributed by atoms with Crippen LogP contribution in [0.5, 0.6) is 5.75 Å². The summed E-state index contributed by atoms with van der Waals surface area (Å²) in [4.78, 5) is 15.9. The molecule has 0 aliphatic carbocycles. The summed E-state index contributed by atoms with van der Waals surface area (Å²) in [6, 6.07) is 11.2. The molecule has 0 aliphatic heterocycles. The van der Waals surface area contributed by atoms with Crippen LogP contribution in [0.25, 0.3) is 0 Å². The summed E-state index contributed by atoms with van der Waals surface area (Å²) in [6.45, 7) is 4.96. The van der Waals surface area contributed by atoms with E-state index in [0.29, 0.717) is 13.2 Å². The summed E-state index contributed by atoms with van der Waals surface area (Å²) in [6.07, 6.45) is 3.44. The van der Waals surface area contributed by atoms with Gasteiger partial charge in [0.15, 0.2) is 0 Å². The Hall–Kier alpha value is -2.56. The highest BCUT2D eigenvalue weighted by atomic mass is 16.5. The van der Waals surface area contributed by atoms with Gasteiger partial charge in [0, 0.05) is 18.9 Å². The van der Waals surface area contributed by atoms with Gasteiger partial charge in [0.25, 0.3) is 0 Å². The molecule has 0 bridgehead atoms. The van der Waals surface area contributed by atoms with Gasteiger partial charge in [0.1, 0.15) is 5.75 Å². The number of aromatic nitrogens is 1. The molecule has 0 unspecified atom stereocenters. The van der Waals surface area contributed by atoms with Crippen LogP contribution in [0.2, 0.25) is 0 Å². The quantitative estimate of drug-likeness (QED) is 0.861. The number of urea groups is 1. The molecule has 5 heteroatoms. The van der Waals surface area contributed by atoms with Crippen LogP contribution in [0.4, 0.5) is 4.79 Å². The Kier molecular flexibility index (Phi) is 5.77. The molecule has 1 aromatic heterocycles. The van der Waals surface area contributed by atoms with Gasteiger partial charge in [-0.15, -0.1) is 0 Å². The third kappa shape index (κ3) is 4.77. The largest absolute Gasteiger partial charge is 0.494 e. The van der Waals surface area contributed by atoms with Crippen LogP contribution in [0.15, 0.2) is 48.8 Å². The molecule has 1 atom stereocenters. The maximum absolute atomic E-state index is 11.9. The summed E-state index contributed by atoms with van der Waals surface area (Å²) in [5, 5.41) is 5.73. The van der Waals surface area contributed by atoms with Gasteiger partial charge < -0.3 is 15.4 Å². The summed E-state index contributed by atoms with van der Waals surface area (Å²) < 4.78 is 5.47. The Morgan fingerprint density at radius 1 is 1.32 bits per heavy atom. The lowest BCUT2D eigenvalue weighted by Gasteiger charge is -2.16. The maximum atomic E-state index is 11.9. The molecule has 0 fully saturated rings. The molecule has 0 saturated carbocycles. The number of pyridine rings is 1. The van der Waals surface area contributed by atoms with Crippen LogP contribution in [-0.4, -0.2) is 17.6 Å². The van der Waals surface area contributed by atoms with Gasteiger partial charge in [0.2, 0.25) is 0 Å². The van der Waals surface area contributed by atoms with E-state index in [9.17, 15) is 4.79 Å². The van der Waals surface area contributed by atoms with Crippen molar-refractivity contribution in [1.29, 1.82) is 0 Å². The standard InChI is InChI=1S/C17H21N3O2/c1-3-22-16-8-4-7-15(10-16)13(2)20-17(21)19-12-14-6-5-9-18-11-14/h4-11,13H,3,12H2,1-2H3,(H2,19,20,21)/t13-/m0/s1. The lowest BCUT2D eigenvalue weighted by molar-refractivity contribution is 0.237. The molecule has 0 aliphatic rings. The molecular weight excluding hydrogens is 278 g/mol. The number of carbonyl (C=O) groups excluding carboxylic acids is 1. The highest BCUT2D eigenvalue weighted by Gasteiger charge is 2.10. The zero-order valence-corrected chi connectivity index (χ0v) is 12.9. The van der Waals surface area contributed by atoms with E-state index in [1.807, 2.05) is 50.2 Å². The second-order valence-corrected chi connectivity index (χ2v) is 4.92. The number of hydrogen-bond acceptors (Lipinski definition) is 3. The van der Waals surface area contributed by atoms with Crippen molar-refractivity contribution in [2.45, 2.75) is 26.4 Å². The highest BCUT2D eigenvalue weighted by molar-refractivity contribution is 5.74. The molecule has 1 aromatic carbocycles. The molecule has 2 aromatic rings. The number of hydrogen-bond donors (Lipinski definition) is 2. The van der Waals surface area contributed by atoms with Crippen molar-refractivity contribution < 1.29 is 9.53 Å². The SMILES string of the molecule is CCOc1cccc([C@H](C)NC(=O)NCc2cccnc2)c1. The van der Waals surface area contributed by atoms with Gasteiger partial charge in [-0.25, -0.2) is 4.79 Å². The Balaban J connectivity index is 1.86. The van der Waals surface area contributed by atoms with Gasteiger partial charge in [0.05, 0.1) is 12.6 Å². The average Bonchev–Trinajstić information content (AvgIpc) is 2.54. The van der Waals surface area contributed by atoms with Crippen molar-refractivity contribution in [2.24, 2.45) is 0 Å². The summed E-state index contributed by atoms with van der Waals surface area (Å²) in [5.41, 5.74) is 1.96. The van der Waals surface area contributed by atoms with Gasteiger partial charge in [-0.1, -0.05) is 18.2 Å². The zero-order valence-electron chi connectivity index (χ0n) is 12.9. The molecule has 2 amide bonds. The Bertz CT molecular complexity index is 602. The molecular formula is C17H21N3O2. The third-order valence-corrected chi connectivity index (χ3v) is 3.19. The molecule has 22 heavy (non-hydrogen) atoms. The predicted molar refractivity (Wildman–Crippen MR) is 85.6 cm³/mol. The number of rotatable bonds is 6. The Morgan fingerprint density at radius 3 is 2.91 bits per heavy atom. The molecule has 2 N–H and O–H groups in total. The molecule has 0 radical (unpaired) electrons. The zero-order chi connectivity index (χ0) is 15.8. The molecule has 2 rings (SSSR count). The summed E-state index contributed by atoms with van der Waals surface area (Å²) in [7, 11) is 0. The minimum Gasteiger partial charge on any atom is -0.494 e. The predicted octanol–water partition coefficient (Wildman–Crippen LogP) is 3.04. The monoisotopic (exact) mass is 299 g/mol. The maximum Gasteiger partial charge on any atom is 0.315 e. The van der Waals surface area contributed by atoms with E-state index in [4.69, 9.17) is 4.74 Å². The fraction of sp³-hybridized carbons (Fsp3) is 0.294. The number of amides is 2. The third-order valence-electron chi connectivity index (χ3n) is 3.19. The Morgan fingerprint density at radius 2 is 2.18 bits per heavy atom. The van der Waals surface area contributed by atoms with Crippen molar-refractivity contribution >= 4 is 6.03 Å². The van der Waals surface area contributed by atoms with E-state index < -0.39 is 0 Å². The summed E-state index contributed by atoms with van der Waals surface area (Å²) in [5.74, 6) is 0.810. The first-order valence-electron chi connectivity index (χ1n) is 7.35. The number of nitrogens with one attached hydrogen (secondary N) is 2. The van der Waals surface area contributed by atoms with Crippen molar-refractivity contribution in [2.75, 3.05) is 6.61 Å². The molecule has 0 spiro atoms. The number of nitrogens with zero attached hydrogens (tertiary/aromatic N) is 1. The Labute approximate surface area is 130 Å². The smallest absolute Gasteiger partial charge is 0.315 e. The van der Waals surface area contributed by atoms with Crippen LogP contribution in [0.3, 0.4) is 0 Å². The first-order chi connectivity index (χ1) is 10.7. The fourth-order valence-corrected chi connectivity index (χ4v) is 2.06. The highest BCUT2D eigenvalue weighted by Crippen LogP contribution is 2.19. The second-order valence-electron chi connectivity index (χ2n) is 4.92. The lowest BCUT2D eigenvalue weighted by Crippen LogP contribution is -2.36. The van der Waals surface area contributed by atoms with Gasteiger partial charge >= 0.3 is 6.03 Å². The van der Waals surface area contributed by atoms with E-state index in [1.165, 1.54) is 0 Å². The van der Waals surface area contributed by atoms with Crippen molar-refractivity contribution in [1.82, 2.24) is 15.6 Å². The minimum absolute atomic E-state index is 0.102. The van der Waals surface area contributed by atoms with Crippen molar-refractivity contribution in [3.63, 3.8) is 0 Å². The number of carbonyl (C=O) groups is 1. The second kappa shape index (κ2) is 8.02. The molecule has 1 heterocycles. The van der Waals surface area contributed by atoms with Crippen LogP contribution in [0, 0.1) is 0 Å². The van der Waals surface area contributed by atoms with Gasteiger partial charge in [-0.05, 0) is 43.2 Å². The van der Waals surface area contributed by atoms with Crippen LogP contribution in [-0.2, 0) is 6.54 Å². The molecule has 0 saturated heterocycles. The van der Waals surface area contributed by atoms with Crippen LogP contribution < -0.4 is 15.4 Å². The van der Waals surface area contributed by atoms with E-state index >= 15 is 0 Å². The van der Waals surface area contributed by atoms with Crippen LogP contribution in [0.1, 0.15) is 31.0 Å². The van der Waals surface area contributed by atoms with Gasteiger partial charge in [-0.2, -0.15) is 0 Å². The lowest BCUT2D eigenvalue weighted by atomic mass is 10.1. The fourth-order valence-electron chi connectivity index (χ4n) is 2.06. The van der Waals surface area contributed by atoms with Crippen molar-refractivity contribution in [3.8, 4) is 5.75 Å². The number of ether oxygens (including phenoxy) is 1. The topological polar surface area (TPSA) is 63.2 Å². The molecule has 5 nitrogen and oxygen atoms in total. The van der Waals surface area contributed by atoms with E-state index in [2.05, 4.69) is 15.6 Å². The first-order valence-corrected chi connectivity index (χ1v) is 7.35. The van der Waals surface area contributed by atoms with Crippen molar-refractivity contribution in [3.05, 3.63) is 59.9 Å². The van der Waals surface area contributed by atoms with E-state index in [-0.39, 0.29) is 12.1 Å². The summed E-state index contributed by atoms with van der Waals surface area (Å²) >= 11 is 0. The first kappa shape index (κ1) is 15.8. The van der Waals surface area contributed by atoms with Gasteiger partial charge in [-0.3, -0.25) is 4.98 Å². The normalized spacial score (nSPS) is 11.5. The number of benzene rings is 1. The van der Waals surface area contributed by atoms with Crippen LogP contribution >= 0.6 is 0 Å². The molecule has 116 valence electrons. The minimum atomic E-state index is -0.210. The van der Waals surface area contributed by atoms with E-state index in [0.717, 1.165) is 16.9 Å². The average molecular weight is 299 g/mol. The van der Waals surface area contributed by atoms with E-state index in [1.54, 1.807) is 12.4 Å².